The van der Waals surface area contributed by atoms with Crippen LogP contribution < -0.4 is 21.3 Å². The van der Waals surface area contributed by atoms with Crippen LogP contribution in [0.25, 0.3) is 0 Å². The minimum Gasteiger partial charge on any atom is -0.478 e. The van der Waals surface area contributed by atoms with E-state index in [0.717, 1.165) is 45.0 Å². The van der Waals surface area contributed by atoms with Crippen LogP contribution in [0.5, 0.6) is 0 Å². The van der Waals surface area contributed by atoms with E-state index in [9.17, 15) is 24.3 Å². The predicted octanol–water partition coefficient (Wildman–Crippen LogP) is 10.8. The third-order valence-electron chi connectivity index (χ3n) is 8.99. The van der Waals surface area contributed by atoms with Crippen LogP contribution >= 0.6 is 0 Å². The van der Waals surface area contributed by atoms with Gasteiger partial charge >= 0.3 is 23.9 Å². The molecule has 0 bridgehead atoms. The normalized spacial score (nSPS) is 11.4. The molecule has 0 amide bonds. The van der Waals surface area contributed by atoms with E-state index in [-0.39, 0.29) is 28.9 Å². The number of carbonyl (C=O) groups is 4. The van der Waals surface area contributed by atoms with Crippen LogP contribution in [0, 0.1) is 27.7 Å². The molecule has 6 aromatic rings. The van der Waals surface area contributed by atoms with Crippen molar-refractivity contribution < 1.29 is 33.8 Å². The Hall–Kier alpha value is -7.40. The van der Waals surface area contributed by atoms with Crippen LogP contribution in [0.4, 0.5) is 45.5 Å². The fourth-order valence-electron chi connectivity index (χ4n) is 5.87. The van der Waals surface area contributed by atoms with Gasteiger partial charge in [-0.1, -0.05) is 70.8 Å². The van der Waals surface area contributed by atoms with E-state index in [1.165, 1.54) is 12.1 Å². The molecular weight excluding hydrogens is 721 g/mol. The van der Waals surface area contributed by atoms with Gasteiger partial charge in [-0.2, -0.15) is 0 Å². The highest BCUT2D eigenvalue weighted by molar-refractivity contribution is 6.16. The minimum atomic E-state index is -1.20. The monoisotopic (exact) mass is 762 g/mol. The SMILES string of the molecule is CCOC(=O)c1cc(Nc2ccc(C)cc2)c(Nc2ccc(C)cc2)cc1C(=O)O.Cc1ccc(Nc2cc3c(cc2Nc2ccc(C)cc2)C(=O)OC3=O)cc1. The fraction of sp³-hybridized carbons (Fsp3) is 0.130. The first-order chi connectivity index (χ1) is 27.4. The first-order valence-electron chi connectivity index (χ1n) is 18.2. The second-order valence-corrected chi connectivity index (χ2v) is 13.6. The largest absolute Gasteiger partial charge is 0.478 e. The number of carboxylic acid groups (broad SMARTS) is 1. The van der Waals surface area contributed by atoms with Crippen molar-refractivity contribution in [2.75, 3.05) is 27.9 Å². The van der Waals surface area contributed by atoms with Crippen molar-refractivity contribution in [3.63, 3.8) is 0 Å². The van der Waals surface area contributed by atoms with Gasteiger partial charge in [0.15, 0.2) is 0 Å². The summed E-state index contributed by atoms with van der Waals surface area (Å²) in [5, 5.41) is 22.8. The Labute approximate surface area is 330 Å². The van der Waals surface area contributed by atoms with E-state index in [4.69, 9.17) is 9.47 Å². The van der Waals surface area contributed by atoms with E-state index in [1.54, 1.807) is 19.1 Å². The van der Waals surface area contributed by atoms with Crippen molar-refractivity contribution in [3.8, 4) is 0 Å². The van der Waals surface area contributed by atoms with Crippen molar-refractivity contribution in [3.05, 3.63) is 166 Å². The molecule has 0 saturated heterocycles. The molecule has 1 heterocycles. The van der Waals surface area contributed by atoms with E-state index in [2.05, 4.69) is 21.3 Å². The highest BCUT2D eigenvalue weighted by Gasteiger charge is 2.31. The van der Waals surface area contributed by atoms with Gasteiger partial charge in [0.1, 0.15) is 0 Å². The molecule has 11 nitrogen and oxygen atoms in total. The average Bonchev–Trinajstić information content (AvgIpc) is 3.46. The number of ether oxygens (including phenoxy) is 2. The number of anilines is 8. The second-order valence-electron chi connectivity index (χ2n) is 13.6. The molecule has 0 saturated carbocycles. The molecule has 0 unspecified atom stereocenters. The van der Waals surface area contributed by atoms with Crippen LogP contribution in [0.3, 0.4) is 0 Å². The predicted molar refractivity (Wildman–Crippen MR) is 223 cm³/mol. The number of carboxylic acids is 1. The summed E-state index contributed by atoms with van der Waals surface area (Å²) in [6.45, 7) is 9.86. The smallest absolute Gasteiger partial charge is 0.346 e. The zero-order valence-electron chi connectivity index (χ0n) is 32.2. The number of cyclic esters (lactones) is 2. The fourth-order valence-corrected chi connectivity index (χ4v) is 5.87. The number of fused-ring (bicyclic) bond motifs is 1. The van der Waals surface area contributed by atoms with Crippen molar-refractivity contribution in [1.82, 2.24) is 0 Å². The molecule has 1 aliphatic heterocycles. The van der Waals surface area contributed by atoms with E-state index >= 15 is 0 Å². The summed E-state index contributed by atoms with van der Waals surface area (Å²) >= 11 is 0. The van der Waals surface area contributed by atoms with Gasteiger partial charge in [0.05, 0.1) is 51.6 Å². The lowest BCUT2D eigenvalue weighted by Crippen LogP contribution is -2.13. The van der Waals surface area contributed by atoms with E-state index < -0.39 is 23.9 Å². The summed E-state index contributed by atoms with van der Waals surface area (Å²) in [6, 6.07) is 37.6. The molecule has 0 fully saturated rings. The zero-order chi connectivity index (χ0) is 40.6. The minimum absolute atomic E-state index is 0.00609. The lowest BCUT2D eigenvalue weighted by molar-refractivity contribution is 0.0441. The highest BCUT2D eigenvalue weighted by Crippen LogP contribution is 2.35. The van der Waals surface area contributed by atoms with Gasteiger partial charge in [0, 0.05) is 22.7 Å². The summed E-state index contributed by atoms with van der Waals surface area (Å²) in [6.07, 6.45) is 0. The molecule has 0 aliphatic carbocycles. The van der Waals surface area contributed by atoms with E-state index in [0.29, 0.717) is 22.7 Å². The van der Waals surface area contributed by atoms with Crippen molar-refractivity contribution in [2.24, 2.45) is 0 Å². The van der Waals surface area contributed by atoms with Gasteiger partial charge in [0.2, 0.25) is 0 Å². The third-order valence-corrected chi connectivity index (χ3v) is 8.99. The molecule has 6 aromatic carbocycles. The first kappa shape index (κ1) is 39.3. The number of aromatic carboxylic acids is 1. The summed E-state index contributed by atoms with van der Waals surface area (Å²) < 4.78 is 9.80. The Kier molecular flexibility index (Phi) is 12.0. The number of benzene rings is 6. The first-order valence-corrected chi connectivity index (χ1v) is 18.2. The maximum atomic E-state index is 12.4. The second kappa shape index (κ2) is 17.4. The summed E-state index contributed by atoms with van der Waals surface area (Å²) in [5.41, 5.74) is 10.8. The van der Waals surface area contributed by atoms with Crippen LogP contribution in [-0.2, 0) is 9.47 Å². The molecule has 57 heavy (non-hydrogen) atoms. The average molecular weight is 763 g/mol. The summed E-state index contributed by atoms with van der Waals surface area (Å²) in [4.78, 5) is 48.1. The molecule has 11 heteroatoms. The summed E-state index contributed by atoms with van der Waals surface area (Å²) in [5.74, 6) is -3.12. The molecule has 0 radical (unpaired) electrons. The lowest BCUT2D eigenvalue weighted by Gasteiger charge is -2.17. The number of esters is 3. The summed E-state index contributed by atoms with van der Waals surface area (Å²) in [7, 11) is 0. The Morgan fingerprint density at radius 3 is 1.11 bits per heavy atom. The molecule has 0 aromatic heterocycles. The van der Waals surface area contributed by atoms with Gasteiger partial charge in [-0.3, -0.25) is 0 Å². The molecule has 288 valence electrons. The Balaban J connectivity index is 0.000000194. The van der Waals surface area contributed by atoms with Gasteiger partial charge in [-0.15, -0.1) is 0 Å². The van der Waals surface area contributed by atoms with Crippen LogP contribution in [0.15, 0.2) is 121 Å². The van der Waals surface area contributed by atoms with Crippen molar-refractivity contribution >= 4 is 69.4 Å². The quantitative estimate of drug-likeness (QED) is 0.0632. The van der Waals surface area contributed by atoms with Gasteiger partial charge < -0.3 is 35.8 Å². The van der Waals surface area contributed by atoms with Crippen LogP contribution in [-0.4, -0.2) is 35.6 Å². The number of carbonyl (C=O) groups excluding carboxylic acids is 3. The number of rotatable bonds is 11. The van der Waals surface area contributed by atoms with E-state index in [1.807, 2.05) is 125 Å². The van der Waals surface area contributed by atoms with Gasteiger partial charge in [0.25, 0.3) is 0 Å². The number of hydrogen-bond acceptors (Lipinski definition) is 10. The standard InChI is InChI=1S/C24H24N2O4.C22H18N2O3/c1-4-30-24(29)20-14-22(26-18-11-7-16(3)8-12-18)21(13-19(20)23(27)28)25-17-9-5-15(2)6-10-17;1-13-3-7-15(8-4-13)23-19-11-17-18(22(26)27-21(17)25)12-20(19)24-16-9-5-14(2)6-10-16/h5-14,25-26H,4H2,1-3H3,(H,27,28);3-12,23-24H,1-2H3. The van der Waals surface area contributed by atoms with Crippen molar-refractivity contribution in [1.29, 1.82) is 0 Å². The lowest BCUT2D eigenvalue weighted by atomic mass is 10.0. The molecule has 5 N–H and O–H groups in total. The third kappa shape index (κ3) is 9.83. The van der Waals surface area contributed by atoms with Crippen LogP contribution in [0.1, 0.15) is 70.6 Å². The molecular formula is C46H42N4O7. The number of nitrogens with one attached hydrogen (secondary N) is 4. The van der Waals surface area contributed by atoms with Gasteiger partial charge in [-0.05, 0) is 107 Å². The zero-order valence-corrected chi connectivity index (χ0v) is 32.2. The topological polar surface area (TPSA) is 155 Å². The maximum Gasteiger partial charge on any atom is 0.346 e. The highest BCUT2D eigenvalue weighted by atomic mass is 16.6. The Morgan fingerprint density at radius 2 is 0.807 bits per heavy atom. The number of hydrogen-bond donors (Lipinski definition) is 5. The maximum absolute atomic E-state index is 12.4. The van der Waals surface area contributed by atoms with Crippen LogP contribution in [0.2, 0.25) is 0 Å². The molecule has 7 rings (SSSR count). The Bertz CT molecular complexity index is 2360. The molecule has 1 aliphatic rings. The molecule has 0 spiro atoms. The Morgan fingerprint density at radius 1 is 0.509 bits per heavy atom. The van der Waals surface area contributed by atoms with Crippen molar-refractivity contribution in [2.45, 2.75) is 34.6 Å². The number of aryl methyl sites for hydroxylation is 4. The van der Waals surface area contributed by atoms with Gasteiger partial charge in [-0.25, -0.2) is 19.2 Å². The molecule has 0 atom stereocenters.